The van der Waals surface area contributed by atoms with Crippen molar-refractivity contribution in [3.63, 3.8) is 0 Å². The summed E-state index contributed by atoms with van der Waals surface area (Å²) in [5.41, 5.74) is -3.32. The Morgan fingerprint density at radius 2 is 1.52 bits per heavy atom. The zero-order valence-electron chi connectivity index (χ0n) is 13.6. The van der Waals surface area contributed by atoms with Crippen LogP contribution in [0.15, 0.2) is 35.0 Å². The molecule has 0 fully saturated rings. The minimum Gasteiger partial charge on any atom is -0.488 e. The Kier molecular flexibility index (Phi) is 7.42. The predicted octanol–water partition coefficient (Wildman–Crippen LogP) is 7.92. The molecule has 0 bridgehead atoms. The third-order valence-electron chi connectivity index (χ3n) is 3.15. The van der Waals surface area contributed by atoms with Gasteiger partial charge in [-0.25, -0.2) is 4.98 Å². The van der Waals surface area contributed by atoms with Crippen LogP contribution in [0.5, 0.6) is 17.4 Å². The third kappa shape index (κ3) is 6.47. The first-order valence-electron chi connectivity index (χ1n) is 7.24. The van der Waals surface area contributed by atoms with Crippen molar-refractivity contribution >= 4 is 46.4 Å². The van der Waals surface area contributed by atoms with Gasteiger partial charge in [0.05, 0.1) is 15.6 Å². The van der Waals surface area contributed by atoms with Crippen molar-refractivity contribution < 1.29 is 35.8 Å². The van der Waals surface area contributed by atoms with Crippen LogP contribution in [0.3, 0.4) is 0 Å². The molecular weight excluding hydrogens is 494 g/mol. The molecule has 13 heteroatoms. The highest BCUT2D eigenvalue weighted by Gasteiger charge is 2.40. The van der Waals surface area contributed by atoms with E-state index >= 15 is 0 Å². The van der Waals surface area contributed by atoms with Gasteiger partial charge >= 0.3 is 12.4 Å². The molecule has 0 spiro atoms. The molecule has 0 saturated carbocycles. The van der Waals surface area contributed by atoms with Gasteiger partial charge in [0, 0.05) is 18.3 Å². The quantitative estimate of drug-likeness (QED) is 0.391. The number of nitrogens with zero attached hydrogens (tertiary/aromatic N) is 1. The maximum atomic E-state index is 13.2. The summed E-state index contributed by atoms with van der Waals surface area (Å²) >= 11 is 22.7. The molecule has 0 unspecified atom stereocenters. The highest BCUT2D eigenvalue weighted by Crippen LogP contribution is 2.43. The molecule has 29 heavy (non-hydrogen) atoms. The molecule has 0 saturated heterocycles. The highest BCUT2D eigenvalue weighted by atomic mass is 35.5. The molecule has 0 N–H and O–H groups in total. The second-order valence-electron chi connectivity index (χ2n) is 5.19. The molecule has 158 valence electrons. The molecule has 3 nitrogen and oxygen atoms in total. The lowest BCUT2D eigenvalue weighted by Gasteiger charge is -2.16. The molecule has 0 aliphatic heterocycles. The number of aromatic nitrogens is 1. The average Bonchev–Trinajstić information content (AvgIpc) is 2.57. The monoisotopic (exact) mass is 499 g/mol. The molecule has 0 aliphatic carbocycles. The van der Waals surface area contributed by atoms with Crippen molar-refractivity contribution in [2.75, 3.05) is 6.61 Å². The van der Waals surface area contributed by atoms with Crippen LogP contribution in [0.1, 0.15) is 11.1 Å². The molecule has 1 aromatic heterocycles. The van der Waals surface area contributed by atoms with Crippen LogP contribution >= 0.6 is 46.4 Å². The summed E-state index contributed by atoms with van der Waals surface area (Å²) in [6.07, 6.45) is -8.69. The van der Waals surface area contributed by atoms with Crippen LogP contribution in [-0.4, -0.2) is 11.6 Å². The Labute approximate surface area is 179 Å². The molecule has 2 rings (SSSR count). The number of benzene rings is 1. The SMILES string of the molecule is FC(F)(F)c1cnc(Oc2cc(Cl)c(OCC=C(Cl)Cl)cc2Cl)c(C(F)(F)F)c1. The van der Waals surface area contributed by atoms with Gasteiger partial charge in [0.1, 0.15) is 28.2 Å². The Bertz CT molecular complexity index is 927. The van der Waals surface area contributed by atoms with Gasteiger partial charge in [-0.1, -0.05) is 46.4 Å². The smallest absolute Gasteiger partial charge is 0.421 e. The zero-order valence-corrected chi connectivity index (χ0v) is 16.7. The number of hydrogen-bond donors (Lipinski definition) is 0. The zero-order chi connectivity index (χ0) is 22.0. The normalized spacial score (nSPS) is 11.9. The third-order valence-corrected chi connectivity index (χ3v) is 4.05. The number of ether oxygens (including phenoxy) is 2. The summed E-state index contributed by atoms with van der Waals surface area (Å²) in [7, 11) is 0. The van der Waals surface area contributed by atoms with E-state index in [1.165, 1.54) is 6.08 Å². The van der Waals surface area contributed by atoms with E-state index in [0.29, 0.717) is 0 Å². The maximum absolute atomic E-state index is 13.2. The predicted molar refractivity (Wildman–Crippen MR) is 96.1 cm³/mol. The van der Waals surface area contributed by atoms with Crippen molar-refractivity contribution in [1.29, 1.82) is 0 Å². The first-order chi connectivity index (χ1) is 13.3. The van der Waals surface area contributed by atoms with Crippen LogP contribution < -0.4 is 9.47 Å². The van der Waals surface area contributed by atoms with E-state index in [9.17, 15) is 26.3 Å². The van der Waals surface area contributed by atoms with Crippen LogP contribution in [0, 0.1) is 0 Å². The standard InChI is InChI=1S/C16H7Cl4F6NO2/c17-9-5-12(10(18)4-11(9)28-2-1-13(19)20)29-14-8(16(24,25)26)3-7(6-27-14)15(21,22)23/h1,3-6H,2H2. The van der Waals surface area contributed by atoms with E-state index in [4.69, 9.17) is 55.9 Å². The lowest BCUT2D eigenvalue weighted by molar-refractivity contribution is -0.144. The molecule has 0 aliphatic rings. The maximum Gasteiger partial charge on any atom is 0.421 e. The lowest BCUT2D eigenvalue weighted by atomic mass is 10.2. The van der Waals surface area contributed by atoms with E-state index in [1.807, 2.05) is 0 Å². The van der Waals surface area contributed by atoms with E-state index < -0.39 is 29.4 Å². The van der Waals surface area contributed by atoms with E-state index in [2.05, 4.69) is 4.98 Å². The number of rotatable bonds is 5. The van der Waals surface area contributed by atoms with Gasteiger partial charge in [-0.3, -0.25) is 0 Å². The second-order valence-corrected chi connectivity index (χ2v) is 7.01. The Balaban J connectivity index is 2.38. The summed E-state index contributed by atoms with van der Waals surface area (Å²) in [6, 6.07) is 2.04. The summed E-state index contributed by atoms with van der Waals surface area (Å²) < 4.78 is 87.8. The Hall–Kier alpha value is -1.55. The summed E-state index contributed by atoms with van der Waals surface area (Å²) in [5, 5.41) is -0.343. The van der Waals surface area contributed by atoms with Crippen molar-refractivity contribution in [2.24, 2.45) is 0 Å². The molecule has 0 amide bonds. The highest BCUT2D eigenvalue weighted by molar-refractivity contribution is 6.55. The van der Waals surface area contributed by atoms with Crippen molar-refractivity contribution in [3.05, 3.63) is 56.1 Å². The molecule has 0 atom stereocenters. The van der Waals surface area contributed by atoms with Crippen molar-refractivity contribution in [2.45, 2.75) is 12.4 Å². The molecule has 1 heterocycles. The van der Waals surface area contributed by atoms with Gasteiger partial charge in [-0.2, -0.15) is 26.3 Å². The van der Waals surface area contributed by atoms with Gasteiger partial charge in [0.25, 0.3) is 0 Å². The van der Waals surface area contributed by atoms with Crippen LogP contribution in [0.2, 0.25) is 10.0 Å². The van der Waals surface area contributed by atoms with Crippen LogP contribution in [0.25, 0.3) is 0 Å². The minimum atomic E-state index is -5.17. The summed E-state index contributed by atoms with van der Waals surface area (Å²) in [6.45, 7) is -0.0860. The fraction of sp³-hybridized carbons (Fsp3) is 0.188. The summed E-state index contributed by atoms with van der Waals surface area (Å²) in [4.78, 5) is 3.14. The van der Waals surface area contributed by atoms with Gasteiger partial charge < -0.3 is 9.47 Å². The Morgan fingerprint density at radius 3 is 2.07 bits per heavy atom. The van der Waals surface area contributed by atoms with Gasteiger partial charge in [0.15, 0.2) is 0 Å². The molecular formula is C16H7Cl4F6NO2. The average molecular weight is 501 g/mol. The second kappa shape index (κ2) is 9.07. The van der Waals surface area contributed by atoms with E-state index in [-0.39, 0.29) is 44.9 Å². The van der Waals surface area contributed by atoms with Crippen LogP contribution in [0.4, 0.5) is 26.3 Å². The fourth-order valence-electron chi connectivity index (χ4n) is 1.89. The largest absolute Gasteiger partial charge is 0.488 e. The van der Waals surface area contributed by atoms with Crippen LogP contribution in [-0.2, 0) is 12.4 Å². The topological polar surface area (TPSA) is 31.4 Å². The molecule has 1 aromatic carbocycles. The van der Waals surface area contributed by atoms with Crippen molar-refractivity contribution in [1.82, 2.24) is 4.98 Å². The first-order valence-corrected chi connectivity index (χ1v) is 8.75. The van der Waals surface area contributed by atoms with Crippen molar-refractivity contribution in [3.8, 4) is 17.4 Å². The summed E-state index contributed by atoms with van der Waals surface area (Å²) in [5.74, 6) is -1.48. The number of alkyl halides is 6. The first kappa shape index (κ1) is 23.7. The number of halogens is 10. The van der Waals surface area contributed by atoms with E-state index in [1.54, 1.807) is 0 Å². The minimum absolute atomic E-state index is 0.0336. The fourth-order valence-corrected chi connectivity index (χ4v) is 2.42. The number of hydrogen-bond acceptors (Lipinski definition) is 3. The van der Waals surface area contributed by atoms with Gasteiger partial charge in [-0.15, -0.1) is 0 Å². The van der Waals surface area contributed by atoms with E-state index in [0.717, 1.165) is 12.1 Å². The lowest BCUT2D eigenvalue weighted by Crippen LogP contribution is -2.13. The Morgan fingerprint density at radius 1 is 0.931 bits per heavy atom. The number of pyridine rings is 1. The molecule has 0 radical (unpaired) electrons. The molecule has 2 aromatic rings. The van der Waals surface area contributed by atoms with Gasteiger partial charge in [-0.05, 0) is 12.1 Å². The van der Waals surface area contributed by atoms with Gasteiger partial charge in [0.2, 0.25) is 5.88 Å².